The highest BCUT2D eigenvalue weighted by molar-refractivity contribution is 5.98. The van der Waals surface area contributed by atoms with Gasteiger partial charge in [-0.15, -0.1) is 0 Å². The zero-order valence-corrected chi connectivity index (χ0v) is 21.7. The van der Waals surface area contributed by atoms with E-state index in [-0.39, 0.29) is 5.97 Å². The van der Waals surface area contributed by atoms with Crippen molar-refractivity contribution in [2.45, 2.75) is 32.3 Å². The minimum absolute atomic E-state index is 0.352. The summed E-state index contributed by atoms with van der Waals surface area (Å²) >= 11 is 0. The van der Waals surface area contributed by atoms with Crippen LogP contribution in [0.2, 0.25) is 0 Å². The van der Waals surface area contributed by atoms with Crippen LogP contribution in [0.15, 0.2) is 48.5 Å². The normalized spacial score (nSPS) is 16.6. The highest BCUT2D eigenvalue weighted by Gasteiger charge is 2.51. The molecular formula is C29H35N3O3. The summed E-state index contributed by atoms with van der Waals surface area (Å²) in [5.41, 5.74) is 13.1. The predicted octanol–water partition coefficient (Wildman–Crippen LogP) is 5.00. The largest absolute Gasteiger partial charge is 0.496 e. The van der Waals surface area contributed by atoms with Crippen molar-refractivity contribution < 1.29 is 14.3 Å². The lowest BCUT2D eigenvalue weighted by atomic mass is 9.77. The number of methoxy groups -OCH3 is 1. The van der Waals surface area contributed by atoms with Crippen LogP contribution in [0.4, 0.5) is 17.1 Å². The number of nitrogen functional groups attached to an aromatic ring is 1. The molecule has 0 aromatic heterocycles. The number of hydrogen-bond acceptors (Lipinski definition) is 6. The maximum Gasteiger partial charge on any atom is 0.340 e. The number of ether oxygens (including phenoxy) is 2. The smallest absolute Gasteiger partial charge is 0.340 e. The average Bonchev–Trinajstić information content (AvgIpc) is 3.16. The van der Waals surface area contributed by atoms with Crippen molar-refractivity contribution in [1.82, 2.24) is 0 Å². The molecule has 6 heteroatoms. The summed E-state index contributed by atoms with van der Waals surface area (Å²) in [6.07, 6.45) is 1.46. The van der Waals surface area contributed by atoms with Crippen molar-refractivity contribution in [3.63, 3.8) is 0 Å². The first-order valence-corrected chi connectivity index (χ1v) is 12.0. The first kappa shape index (κ1) is 24.5. The molecule has 3 aromatic rings. The number of benzene rings is 3. The van der Waals surface area contributed by atoms with Gasteiger partial charge >= 0.3 is 5.97 Å². The van der Waals surface area contributed by atoms with Crippen molar-refractivity contribution in [3.8, 4) is 5.75 Å². The summed E-state index contributed by atoms with van der Waals surface area (Å²) in [5.74, 6) is 0.312. The number of carbonyl (C=O) groups is 1. The molecule has 184 valence electrons. The molecule has 1 atom stereocenters. The third-order valence-corrected chi connectivity index (χ3v) is 6.98. The van der Waals surface area contributed by atoms with E-state index in [9.17, 15) is 4.79 Å². The summed E-state index contributed by atoms with van der Waals surface area (Å²) in [6.45, 7) is 4.14. The standard InChI is InChI=1S/C29H35N3O3/c1-8-18-16-25(27(34-7)22(9-2)26(18)30)29(19-10-12-20(13-11-19)31(3)4)24-15-14-21(32(5)6)17-23(24)28(33)35-29/h10-17H,8-9,30H2,1-7H3. The van der Waals surface area contributed by atoms with Crippen molar-refractivity contribution in [2.24, 2.45) is 0 Å². The molecule has 1 unspecified atom stereocenters. The van der Waals surface area contributed by atoms with Crippen LogP contribution < -0.4 is 20.3 Å². The van der Waals surface area contributed by atoms with Gasteiger partial charge in [0.25, 0.3) is 0 Å². The molecule has 0 amide bonds. The van der Waals surface area contributed by atoms with Gasteiger partial charge in [-0.3, -0.25) is 0 Å². The second-order valence-corrected chi connectivity index (χ2v) is 9.35. The summed E-state index contributed by atoms with van der Waals surface area (Å²) in [4.78, 5) is 17.5. The van der Waals surface area contributed by atoms with Gasteiger partial charge in [0.1, 0.15) is 5.75 Å². The van der Waals surface area contributed by atoms with Gasteiger partial charge in [-0.1, -0.05) is 32.0 Å². The van der Waals surface area contributed by atoms with Crippen molar-refractivity contribution in [1.29, 1.82) is 0 Å². The lowest BCUT2D eigenvalue weighted by molar-refractivity contribution is 0.0244. The van der Waals surface area contributed by atoms with E-state index in [0.29, 0.717) is 17.7 Å². The zero-order chi connectivity index (χ0) is 25.5. The van der Waals surface area contributed by atoms with Crippen molar-refractivity contribution in [2.75, 3.05) is 50.8 Å². The van der Waals surface area contributed by atoms with Crippen LogP contribution in [0.5, 0.6) is 5.75 Å². The van der Waals surface area contributed by atoms with E-state index in [1.807, 2.05) is 80.5 Å². The molecule has 0 saturated carbocycles. The van der Waals surface area contributed by atoms with Crippen LogP contribution in [0.1, 0.15) is 52.0 Å². The van der Waals surface area contributed by atoms with Crippen LogP contribution >= 0.6 is 0 Å². The Hall–Kier alpha value is -3.67. The molecule has 35 heavy (non-hydrogen) atoms. The van der Waals surface area contributed by atoms with Gasteiger partial charge < -0.3 is 25.0 Å². The first-order valence-electron chi connectivity index (χ1n) is 12.0. The molecule has 0 saturated heterocycles. The molecule has 6 nitrogen and oxygen atoms in total. The van der Waals surface area contributed by atoms with Gasteiger partial charge in [0.15, 0.2) is 5.60 Å². The molecule has 2 N–H and O–H groups in total. The molecular weight excluding hydrogens is 438 g/mol. The van der Waals surface area contributed by atoms with Crippen LogP contribution in [0.25, 0.3) is 0 Å². The minimum Gasteiger partial charge on any atom is -0.496 e. The SMILES string of the molecule is CCc1cc(C2(c3ccc(N(C)C)cc3)OC(=O)c3cc(N(C)C)ccc32)c(OC)c(CC)c1N. The van der Waals surface area contributed by atoms with Crippen LogP contribution in [0.3, 0.4) is 0 Å². The number of carbonyl (C=O) groups excluding carboxylic acids is 1. The topological polar surface area (TPSA) is 68.0 Å². The predicted molar refractivity (Wildman–Crippen MR) is 143 cm³/mol. The number of fused-ring (bicyclic) bond motifs is 1. The van der Waals surface area contributed by atoms with E-state index >= 15 is 0 Å². The van der Waals surface area contributed by atoms with Gasteiger partial charge in [-0.25, -0.2) is 4.79 Å². The maximum atomic E-state index is 13.4. The van der Waals surface area contributed by atoms with E-state index < -0.39 is 5.60 Å². The van der Waals surface area contributed by atoms with Crippen LogP contribution in [-0.4, -0.2) is 41.3 Å². The summed E-state index contributed by atoms with van der Waals surface area (Å²) < 4.78 is 12.4. The Morgan fingerprint density at radius 1 is 0.886 bits per heavy atom. The van der Waals surface area contributed by atoms with Crippen molar-refractivity contribution >= 4 is 23.0 Å². The lowest BCUT2D eigenvalue weighted by Gasteiger charge is -2.33. The fourth-order valence-electron chi connectivity index (χ4n) is 5.03. The number of anilines is 3. The van der Waals surface area contributed by atoms with Crippen molar-refractivity contribution in [3.05, 3.63) is 81.9 Å². The molecule has 1 aliphatic heterocycles. The number of nitrogens with two attached hydrogens (primary N) is 1. The zero-order valence-electron chi connectivity index (χ0n) is 21.7. The highest BCUT2D eigenvalue weighted by atomic mass is 16.6. The highest BCUT2D eigenvalue weighted by Crippen LogP contribution is 2.52. The maximum absolute atomic E-state index is 13.4. The quantitative estimate of drug-likeness (QED) is 0.385. The number of rotatable bonds is 7. The Kier molecular flexibility index (Phi) is 6.41. The Bertz CT molecular complexity index is 1270. The summed E-state index contributed by atoms with van der Waals surface area (Å²) in [5, 5.41) is 0. The van der Waals surface area contributed by atoms with Gasteiger partial charge in [0.05, 0.1) is 12.7 Å². The third kappa shape index (κ3) is 3.77. The number of aryl methyl sites for hydroxylation is 1. The van der Waals surface area contributed by atoms with E-state index in [2.05, 4.69) is 19.9 Å². The molecule has 0 bridgehead atoms. The first-order chi connectivity index (χ1) is 16.7. The number of hydrogen-bond donors (Lipinski definition) is 1. The number of cyclic esters (lactones) is 1. The van der Waals surface area contributed by atoms with E-state index in [1.54, 1.807) is 7.11 Å². The van der Waals surface area contributed by atoms with Crippen LogP contribution in [0, 0.1) is 0 Å². The molecule has 3 aromatic carbocycles. The monoisotopic (exact) mass is 473 g/mol. The molecule has 0 radical (unpaired) electrons. The molecule has 0 spiro atoms. The fraction of sp³-hybridized carbons (Fsp3) is 0.345. The van der Waals surface area contributed by atoms with Crippen LogP contribution in [-0.2, 0) is 23.2 Å². The number of nitrogens with zero attached hydrogens (tertiary/aromatic N) is 2. The number of esters is 1. The third-order valence-electron chi connectivity index (χ3n) is 6.98. The molecule has 1 aliphatic rings. The molecule has 4 rings (SSSR count). The van der Waals surface area contributed by atoms with Gasteiger partial charge in [0.2, 0.25) is 0 Å². The Morgan fingerprint density at radius 2 is 1.51 bits per heavy atom. The summed E-state index contributed by atoms with van der Waals surface area (Å²) in [6, 6.07) is 16.1. The van der Waals surface area contributed by atoms with E-state index in [0.717, 1.165) is 51.3 Å². The Labute approximate surface area is 208 Å². The Morgan fingerprint density at radius 3 is 2.06 bits per heavy atom. The Balaban J connectivity index is 2.11. The second kappa shape index (κ2) is 9.17. The lowest BCUT2D eigenvalue weighted by Crippen LogP contribution is -2.31. The van der Waals surface area contributed by atoms with Gasteiger partial charge in [-0.05, 0) is 48.7 Å². The average molecular weight is 474 g/mol. The second-order valence-electron chi connectivity index (χ2n) is 9.35. The molecule has 1 heterocycles. The van der Waals surface area contributed by atoms with Gasteiger partial charge in [0, 0.05) is 67.5 Å². The molecule has 0 aliphatic carbocycles. The summed E-state index contributed by atoms with van der Waals surface area (Å²) in [7, 11) is 9.57. The minimum atomic E-state index is -1.16. The molecule has 0 fully saturated rings. The van der Waals surface area contributed by atoms with E-state index in [4.69, 9.17) is 15.2 Å². The van der Waals surface area contributed by atoms with E-state index in [1.165, 1.54) is 0 Å². The van der Waals surface area contributed by atoms with Gasteiger partial charge in [-0.2, -0.15) is 0 Å². The fourth-order valence-corrected chi connectivity index (χ4v) is 5.03.